The average Bonchev–Trinajstić information content (AvgIpc) is 2.39. The van der Waals surface area contributed by atoms with Crippen LogP contribution in [0, 0.1) is 0 Å². The molecule has 0 aromatic carbocycles. The Balaban J connectivity index is 1.94. The van der Waals surface area contributed by atoms with Crippen LogP contribution < -0.4 is 10.2 Å². The number of rotatable bonds is 3. The summed E-state index contributed by atoms with van der Waals surface area (Å²) in [5.41, 5.74) is 1.23. The maximum atomic E-state index is 4.18. The van der Waals surface area contributed by atoms with Crippen LogP contribution in [0.3, 0.4) is 0 Å². The average molecular weight is 219 g/mol. The molecule has 0 unspecified atom stereocenters. The molecule has 0 bridgehead atoms. The predicted octanol–water partition coefficient (Wildman–Crippen LogP) is 2.05. The second-order valence-corrected chi connectivity index (χ2v) is 4.62. The topological polar surface area (TPSA) is 28.2 Å². The maximum absolute atomic E-state index is 4.18. The molecule has 0 aliphatic heterocycles. The Morgan fingerprint density at radius 1 is 1.31 bits per heavy atom. The van der Waals surface area contributed by atoms with Crippen molar-refractivity contribution in [3.8, 4) is 0 Å². The van der Waals surface area contributed by atoms with E-state index in [0.717, 1.165) is 6.04 Å². The van der Waals surface area contributed by atoms with E-state index in [4.69, 9.17) is 0 Å². The van der Waals surface area contributed by atoms with E-state index in [1.54, 1.807) is 0 Å². The van der Waals surface area contributed by atoms with Gasteiger partial charge in [-0.1, -0.05) is 0 Å². The summed E-state index contributed by atoms with van der Waals surface area (Å²) >= 11 is 0. The van der Waals surface area contributed by atoms with Crippen molar-refractivity contribution in [2.75, 3.05) is 19.0 Å². The van der Waals surface area contributed by atoms with E-state index in [9.17, 15) is 0 Å². The Hall–Kier alpha value is -1.09. The van der Waals surface area contributed by atoms with Gasteiger partial charge in [0, 0.05) is 25.3 Å². The zero-order valence-corrected chi connectivity index (χ0v) is 10.2. The molecular formula is C13H21N3. The zero-order valence-electron chi connectivity index (χ0n) is 10.2. The number of nitrogens with zero attached hydrogens (tertiary/aromatic N) is 2. The molecule has 0 amide bonds. The summed E-state index contributed by atoms with van der Waals surface area (Å²) in [6, 6.07) is 5.54. The van der Waals surface area contributed by atoms with E-state index in [2.05, 4.69) is 35.4 Å². The lowest BCUT2D eigenvalue weighted by Crippen LogP contribution is -2.39. The summed E-state index contributed by atoms with van der Waals surface area (Å²) in [5, 5.41) is 3.37. The number of nitrogens with one attached hydrogen (secondary N) is 1. The van der Waals surface area contributed by atoms with E-state index in [-0.39, 0.29) is 0 Å². The normalized spacial score (nSPS) is 25.4. The zero-order chi connectivity index (χ0) is 11.4. The molecule has 16 heavy (non-hydrogen) atoms. The highest BCUT2D eigenvalue weighted by Gasteiger charge is 2.23. The third-order valence-corrected chi connectivity index (χ3v) is 3.71. The Labute approximate surface area is 97.9 Å². The fourth-order valence-electron chi connectivity index (χ4n) is 2.52. The first-order chi connectivity index (χ1) is 7.81. The Kier molecular flexibility index (Phi) is 3.78. The fourth-order valence-corrected chi connectivity index (χ4v) is 2.52. The van der Waals surface area contributed by atoms with Gasteiger partial charge in [0.25, 0.3) is 0 Å². The maximum Gasteiger partial charge on any atom is 0.0552 e. The van der Waals surface area contributed by atoms with Gasteiger partial charge in [-0.2, -0.15) is 0 Å². The molecule has 3 nitrogen and oxygen atoms in total. The highest BCUT2D eigenvalue weighted by molar-refractivity contribution is 5.43. The van der Waals surface area contributed by atoms with Crippen LogP contribution in [0.4, 0.5) is 5.69 Å². The summed E-state index contributed by atoms with van der Waals surface area (Å²) < 4.78 is 0. The van der Waals surface area contributed by atoms with Crippen LogP contribution in [0.5, 0.6) is 0 Å². The van der Waals surface area contributed by atoms with Crippen LogP contribution >= 0.6 is 0 Å². The van der Waals surface area contributed by atoms with E-state index >= 15 is 0 Å². The largest absolute Gasteiger partial charge is 0.370 e. The van der Waals surface area contributed by atoms with Crippen molar-refractivity contribution in [3.63, 3.8) is 0 Å². The van der Waals surface area contributed by atoms with Crippen molar-refractivity contribution in [1.29, 1.82) is 0 Å². The van der Waals surface area contributed by atoms with Gasteiger partial charge in [0.1, 0.15) is 0 Å². The minimum Gasteiger partial charge on any atom is -0.370 e. The lowest BCUT2D eigenvalue weighted by molar-refractivity contribution is 0.351. The predicted molar refractivity (Wildman–Crippen MR) is 67.7 cm³/mol. The summed E-state index contributed by atoms with van der Waals surface area (Å²) in [5.74, 6) is 0. The van der Waals surface area contributed by atoms with Crippen molar-refractivity contribution < 1.29 is 0 Å². The molecule has 0 spiro atoms. The van der Waals surface area contributed by atoms with Gasteiger partial charge in [0.05, 0.1) is 11.9 Å². The first-order valence-electron chi connectivity index (χ1n) is 6.11. The molecule has 3 heteroatoms. The number of aromatic nitrogens is 1. The summed E-state index contributed by atoms with van der Waals surface area (Å²) in [6.07, 6.45) is 8.89. The Morgan fingerprint density at radius 2 is 2.06 bits per heavy atom. The minimum atomic E-state index is 0.675. The third kappa shape index (κ3) is 2.53. The molecule has 2 rings (SSSR count). The van der Waals surface area contributed by atoms with Crippen LogP contribution in [0.1, 0.15) is 25.7 Å². The summed E-state index contributed by atoms with van der Waals surface area (Å²) in [6.45, 7) is 0. The molecule has 0 atom stereocenters. The van der Waals surface area contributed by atoms with E-state index in [1.165, 1.54) is 31.4 Å². The summed E-state index contributed by atoms with van der Waals surface area (Å²) in [7, 11) is 4.25. The van der Waals surface area contributed by atoms with E-state index < -0.39 is 0 Å². The molecule has 1 fully saturated rings. The highest BCUT2D eigenvalue weighted by Crippen LogP contribution is 2.25. The van der Waals surface area contributed by atoms with Crippen LogP contribution in [-0.4, -0.2) is 31.2 Å². The summed E-state index contributed by atoms with van der Waals surface area (Å²) in [4.78, 5) is 6.55. The monoisotopic (exact) mass is 219 g/mol. The van der Waals surface area contributed by atoms with Crippen molar-refractivity contribution in [2.45, 2.75) is 37.8 Å². The lowest BCUT2D eigenvalue weighted by Gasteiger charge is -2.35. The second kappa shape index (κ2) is 5.30. The quantitative estimate of drug-likeness (QED) is 0.843. The molecule has 1 aliphatic carbocycles. The Bertz CT molecular complexity index is 304. The number of hydrogen-bond acceptors (Lipinski definition) is 3. The molecular weight excluding hydrogens is 198 g/mol. The van der Waals surface area contributed by atoms with E-state index in [0.29, 0.717) is 6.04 Å². The smallest absolute Gasteiger partial charge is 0.0552 e. The Morgan fingerprint density at radius 3 is 2.62 bits per heavy atom. The van der Waals surface area contributed by atoms with Crippen molar-refractivity contribution in [2.24, 2.45) is 0 Å². The second-order valence-electron chi connectivity index (χ2n) is 4.62. The van der Waals surface area contributed by atoms with Crippen LogP contribution in [-0.2, 0) is 0 Å². The standard InChI is InChI=1S/C13H21N3/c1-14-11-5-7-12(8-6-11)16(2)13-4-3-9-15-10-13/h3-4,9-12,14H,5-8H2,1-2H3. The van der Waals surface area contributed by atoms with Gasteiger partial charge in [-0.15, -0.1) is 0 Å². The van der Waals surface area contributed by atoms with Gasteiger partial charge in [-0.25, -0.2) is 0 Å². The molecule has 0 saturated heterocycles. The molecule has 1 aromatic rings. The van der Waals surface area contributed by atoms with Gasteiger partial charge in [0.15, 0.2) is 0 Å². The SMILES string of the molecule is CNC1CCC(N(C)c2cccnc2)CC1. The van der Waals surface area contributed by atoms with Crippen LogP contribution in [0.25, 0.3) is 0 Å². The van der Waals surface area contributed by atoms with Crippen LogP contribution in [0.2, 0.25) is 0 Å². The number of hydrogen-bond donors (Lipinski definition) is 1. The molecule has 88 valence electrons. The first kappa shape index (κ1) is 11.4. The molecule has 1 saturated carbocycles. The fraction of sp³-hybridized carbons (Fsp3) is 0.615. The van der Waals surface area contributed by atoms with Gasteiger partial charge >= 0.3 is 0 Å². The first-order valence-corrected chi connectivity index (χ1v) is 6.11. The highest BCUT2D eigenvalue weighted by atomic mass is 15.1. The lowest BCUT2D eigenvalue weighted by atomic mass is 9.90. The van der Waals surface area contributed by atoms with E-state index in [1.807, 2.05) is 18.5 Å². The molecule has 1 heterocycles. The van der Waals surface area contributed by atoms with Gasteiger partial charge in [-0.3, -0.25) is 4.98 Å². The third-order valence-electron chi connectivity index (χ3n) is 3.71. The van der Waals surface area contributed by atoms with Crippen LogP contribution in [0.15, 0.2) is 24.5 Å². The van der Waals surface area contributed by atoms with Crippen molar-refractivity contribution >= 4 is 5.69 Å². The minimum absolute atomic E-state index is 0.675. The number of anilines is 1. The van der Waals surface area contributed by atoms with Gasteiger partial charge in [0.2, 0.25) is 0 Å². The molecule has 0 radical (unpaired) electrons. The van der Waals surface area contributed by atoms with Crippen molar-refractivity contribution in [3.05, 3.63) is 24.5 Å². The van der Waals surface area contributed by atoms with Gasteiger partial charge < -0.3 is 10.2 Å². The number of pyridine rings is 1. The molecule has 1 aliphatic rings. The van der Waals surface area contributed by atoms with Crippen molar-refractivity contribution in [1.82, 2.24) is 10.3 Å². The molecule has 1 aromatic heterocycles. The van der Waals surface area contributed by atoms with Gasteiger partial charge in [-0.05, 0) is 44.9 Å². The molecule has 1 N–H and O–H groups in total.